The number of hydrogen-bond donors (Lipinski definition) is 4. The molecule has 0 spiro atoms. The van der Waals surface area contributed by atoms with Gasteiger partial charge in [-0.15, -0.1) is 6.42 Å². The highest BCUT2D eigenvalue weighted by molar-refractivity contribution is 8.09. The van der Waals surface area contributed by atoms with Crippen molar-refractivity contribution < 1.29 is 33.5 Å². The fourth-order valence-electron chi connectivity index (χ4n) is 3.86. The number of carbonyl (C=O) groups is 1. The molecule has 3 rings (SSSR count). The average molecular weight is 582 g/mol. The van der Waals surface area contributed by atoms with Crippen LogP contribution in [-0.4, -0.2) is 62.3 Å². The summed E-state index contributed by atoms with van der Waals surface area (Å²) in [7, 11) is 0. The molecule has 39 heavy (non-hydrogen) atoms. The Bertz CT molecular complexity index is 1340. The molecule has 14 heteroatoms. The van der Waals surface area contributed by atoms with Gasteiger partial charge in [-0.1, -0.05) is 37.5 Å². The number of rotatable bonds is 12. The average Bonchev–Trinajstić information content (AvgIpc) is 3.13. The van der Waals surface area contributed by atoms with Crippen LogP contribution in [0.3, 0.4) is 0 Å². The molecule has 4 N–H and O–H groups in total. The maximum atomic E-state index is 12.8. The van der Waals surface area contributed by atoms with Gasteiger partial charge >= 0.3 is 18.3 Å². The van der Waals surface area contributed by atoms with E-state index in [0.717, 1.165) is 16.8 Å². The highest BCUT2D eigenvalue weighted by atomic mass is 32.5. The van der Waals surface area contributed by atoms with Crippen LogP contribution >= 0.6 is 6.64 Å². The summed E-state index contributed by atoms with van der Waals surface area (Å²) in [5.74, 6) is 1.91. The molecule has 1 aliphatic heterocycles. The molecule has 1 aliphatic rings. The molecule has 1 aromatic carbocycles. The Morgan fingerprint density at radius 3 is 2.62 bits per heavy atom. The lowest BCUT2D eigenvalue weighted by Crippen LogP contribution is -2.48. The Hall–Kier alpha value is -2.82. The molecule has 1 aromatic heterocycles. The van der Waals surface area contributed by atoms with Crippen molar-refractivity contribution in [3.05, 3.63) is 63.4 Å². The van der Waals surface area contributed by atoms with E-state index in [0.29, 0.717) is 18.6 Å². The van der Waals surface area contributed by atoms with Gasteiger partial charge in [-0.2, -0.15) is 0 Å². The van der Waals surface area contributed by atoms with Crippen molar-refractivity contribution in [1.29, 1.82) is 0 Å². The van der Waals surface area contributed by atoms with Crippen molar-refractivity contribution in [1.82, 2.24) is 14.6 Å². The molecule has 6 atom stereocenters. The van der Waals surface area contributed by atoms with E-state index in [9.17, 15) is 24.6 Å². The fourth-order valence-corrected chi connectivity index (χ4v) is 6.22. The third-order valence-corrected chi connectivity index (χ3v) is 8.15. The number of benzene rings is 1. The SMILES string of the molecule is C#C[C@@]1(O)[C@H](O)[C@@H](COP(=S)(N[C@@H](CCC)C(=O)OC(C)C)Oc2ccccc2)O[C@H]1n1ccc(=O)[nH]c1=O. The summed E-state index contributed by atoms with van der Waals surface area (Å²) in [6.45, 7) is 1.39. The van der Waals surface area contributed by atoms with Gasteiger partial charge in [-0.05, 0) is 44.2 Å². The molecule has 2 aromatic rings. The summed E-state index contributed by atoms with van der Waals surface area (Å²) in [4.78, 5) is 38.6. The molecule has 0 bridgehead atoms. The normalized spacial score (nSPS) is 25.0. The lowest BCUT2D eigenvalue weighted by molar-refractivity contribution is -0.149. The van der Waals surface area contributed by atoms with Gasteiger partial charge < -0.3 is 28.7 Å². The Morgan fingerprint density at radius 1 is 1.33 bits per heavy atom. The van der Waals surface area contributed by atoms with E-state index in [1.807, 2.05) is 11.9 Å². The number of ether oxygens (including phenoxy) is 2. The van der Waals surface area contributed by atoms with Crippen molar-refractivity contribution in [2.75, 3.05) is 6.61 Å². The molecule has 0 aliphatic carbocycles. The largest absolute Gasteiger partial charge is 0.462 e. The zero-order valence-electron chi connectivity index (χ0n) is 21.7. The highest BCUT2D eigenvalue weighted by Gasteiger charge is 2.56. The number of nitrogens with one attached hydrogen (secondary N) is 2. The van der Waals surface area contributed by atoms with Crippen molar-refractivity contribution >= 4 is 24.4 Å². The first-order valence-electron chi connectivity index (χ1n) is 12.2. The molecule has 0 radical (unpaired) electrons. The lowest BCUT2D eigenvalue weighted by Gasteiger charge is -2.29. The minimum absolute atomic E-state index is 0.357. The third-order valence-electron chi connectivity index (χ3n) is 5.72. The van der Waals surface area contributed by atoms with Gasteiger partial charge in [0.1, 0.15) is 24.0 Å². The molecular weight excluding hydrogens is 549 g/mol. The monoisotopic (exact) mass is 581 g/mol. The maximum Gasteiger partial charge on any atom is 0.330 e. The van der Waals surface area contributed by atoms with Crippen LogP contribution < -0.4 is 20.9 Å². The van der Waals surface area contributed by atoms with Gasteiger partial charge in [0, 0.05) is 12.3 Å². The van der Waals surface area contributed by atoms with Crippen LogP contribution in [0.2, 0.25) is 0 Å². The number of H-pyrrole nitrogens is 1. The molecule has 212 valence electrons. The van der Waals surface area contributed by atoms with E-state index in [1.54, 1.807) is 44.2 Å². The maximum absolute atomic E-state index is 12.8. The second kappa shape index (κ2) is 13.0. The van der Waals surface area contributed by atoms with E-state index in [4.69, 9.17) is 36.8 Å². The molecule has 12 nitrogen and oxygen atoms in total. The summed E-state index contributed by atoms with van der Waals surface area (Å²) in [5, 5.41) is 24.9. The van der Waals surface area contributed by atoms with Crippen LogP contribution in [0.15, 0.2) is 52.2 Å². The Labute approximate surface area is 230 Å². The number of aliphatic hydroxyl groups is 2. The van der Waals surface area contributed by atoms with Gasteiger partial charge in [0.05, 0.1) is 12.7 Å². The van der Waals surface area contributed by atoms with E-state index >= 15 is 0 Å². The van der Waals surface area contributed by atoms with Crippen molar-refractivity contribution in [2.45, 2.75) is 69.8 Å². The molecule has 1 saturated heterocycles. The van der Waals surface area contributed by atoms with Crippen LogP contribution in [0.25, 0.3) is 0 Å². The standard InChI is InChI=1S/C25H32N3O9PS/c1-5-10-18(22(31)35-16(3)4)27-38(39,37-17-11-8-7-9-12-17)34-15-19-21(30)25(33,6-2)23(36-19)28-14-13-20(29)26-24(28)32/h2,7-9,11-14,16,18-19,21,23,30,33H,5,10,15H2,1,3-4H3,(H,27,39)(H,26,29,32)/t18-,19+,21+,23+,25+,38?/m0/s1. The number of hydrogen-bond acceptors (Lipinski definition) is 10. The second-order valence-electron chi connectivity index (χ2n) is 9.11. The van der Waals surface area contributed by atoms with Crippen LogP contribution in [0.5, 0.6) is 5.75 Å². The van der Waals surface area contributed by atoms with E-state index in [2.05, 4.69) is 11.0 Å². The Morgan fingerprint density at radius 2 is 2.03 bits per heavy atom. The van der Waals surface area contributed by atoms with Gasteiger partial charge in [-0.3, -0.25) is 19.1 Å². The first-order valence-corrected chi connectivity index (χ1v) is 14.9. The highest BCUT2D eigenvalue weighted by Crippen LogP contribution is 2.47. The first kappa shape index (κ1) is 30.7. The van der Waals surface area contributed by atoms with E-state index < -0.39 is 60.5 Å². The zero-order chi connectivity index (χ0) is 28.8. The summed E-state index contributed by atoms with van der Waals surface area (Å²) >= 11 is 5.74. The van der Waals surface area contributed by atoms with E-state index in [-0.39, 0.29) is 6.10 Å². The number of aromatic nitrogens is 2. The lowest BCUT2D eigenvalue weighted by atomic mass is 9.95. The smallest absolute Gasteiger partial charge is 0.330 e. The Balaban J connectivity index is 1.87. The van der Waals surface area contributed by atoms with Crippen LogP contribution in [0, 0.1) is 12.3 Å². The predicted molar refractivity (Wildman–Crippen MR) is 145 cm³/mol. The quantitative estimate of drug-likeness (QED) is 0.162. The van der Waals surface area contributed by atoms with Crippen LogP contribution in [0.1, 0.15) is 39.8 Å². The summed E-state index contributed by atoms with van der Waals surface area (Å²) in [6, 6.07) is 8.75. The van der Waals surface area contributed by atoms with Crippen LogP contribution in [0.4, 0.5) is 0 Å². The second-order valence-corrected chi connectivity index (χ2v) is 12.2. The third kappa shape index (κ3) is 7.43. The predicted octanol–water partition coefficient (Wildman–Crippen LogP) is 1.19. The first-order chi connectivity index (χ1) is 18.4. The number of nitrogens with zero attached hydrogens (tertiary/aromatic N) is 1. The number of para-hydroxylation sites is 1. The molecule has 1 fully saturated rings. The molecule has 0 saturated carbocycles. The van der Waals surface area contributed by atoms with Gasteiger partial charge in [-0.25, -0.2) is 9.88 Å². The number of carbonyl (C=O) groups excluding carboxylic acids is 1. The molecular formula is C25H32N3O9PS. The number of esters is 1. The summed E-state index contributed by atoms with van der Waals surface area (Å²) < 4.78 is 23.9. The van der Waals surface area contributed by atoms with Gasteiger partial charge in [0.15, 0.2) is 11.8 Å². The Kier molecular flexibility index (Phi) is 10.3. The van der Waals surface area contributed by atoms with Crippen LogP contribution in [-0.2, 0) is 30.6 Å². The molecule has 2 heterocycles. The van der Waals surface area contributed by atoms with Crippen molar-refractivity contribution in [2.24, 2.45) is 0 Å². The van der Waals surface area contributed by atoms with Crippen molar-refractivity contribution in [3.63, 3.8) is 0 Å². The molecule has 0 amide bonds. The summed E-state index contributed by atoms with van der Waals surface area (Å²) in [5.41, 5.74) is -3.92. The minimum Gasteiger partial charge on any atom is -0.462 e. The number of aliphatic hydroxyl groups excluding tert-OH is 1. The van der Waals surface area contributed by atoms with Crippen molar-refractivity contribution in [3.8, 4) is 18.1 Å². The number of terminal acetylenes is 1. The molecule has 1 unspecified atom stereocenters. The zero-order valence-corrected chi connectivity index (χ0v) is 23.4. The topological polar surface area (TPSA) is 161 Å². The van der Waals surface area contributed by atoms with E-state index in [1.165, 1.54) is 0 Å². The van der Waals surface area contributed by atoms with Gasteiger partial charge in [0.2, 0.25) is 0 Å². The minimum atomic E-state index is -3.52. The fraction of sp³-hybridized carbons (Fsp3) is 0.480. The summed E-state index contributed by atoms with van der Waals surface area (Å²) in [6.07, 6.45) is 2.71. The number of aromatic amines is 1. The van der Waals surface area contributed by atoms with Gasteiger partial charge in [0.25, 0.3) is 5.56 Å².